The summed E-state index contributed by atoms with van der Waals surface area (Å²) in [7, 11) is 0. The van der Waals surface area contributed by atoms with Crippen LogP contribution in [-0.4, -0.2) is 86.8 Å². The number of phenolic OH excluding ortho intramolecular Hbond substituents is 2. The van der Waals surface area contributed by atoms with E-state index in [0.29, 0.717) is 17.6 Å². The average molecular weight is 482 g/mol. The van der Waals surface area contributed by atoms with Gasteiger partial charge in [-0.05, 0) is 30.7 Å². The van der Waals surface area contributed by atoms with Crippen LogP contribution < -0.4 is 0 Å². The number of aliphatic hydroxyl groups excluding tert-OH is 4. The lowest BCUT2D eigenvalue weighted by molar-refractivity contribution is -0.327. The zero-order valence-electron chi connectivity index (χ0n) is 18.6. The monoisotopic (exact) mass is 482 g/mol. The number of carbonyl (C=O) groups is 1. The van der Waals surface area contributed by atoms with Crippen molar-refractivity contribution in [3.63, 3.8) is 0 Å². The van der Waals surface area contributed by atoms with Gasteiger partial charge in [0.2, 0.25) is 6.29 Å². The predicted molar refractivity (Wildman–Crippen MR) is 115 cm³/mol. The molecule has 2 heterocycles. The van der Waals surface area contributed by atoms with E-state index in [4.69, 9.17) is 18.9 Å². The van der Waals surface area contributed by atoms with Gasteiger partial charge in [0.15, 0.2) is 17.8 Å². The Labute approximate surface area is 196 Å². The molecule has 1 fully saturated rings. The smallest absolute Gasteiger partial charge is 0.306 e. The Hall–Kier alpha value is -2.67. The van der Waals surface area contributed by atoms with Crippen LogP contribution in [0.1, 0.15) is 18.9 Å². The lowest BCUT2D eigenvalue weighted by Gasteiger charge is -2.41. The minimum atomic E-state index is -1.59. The van der Waals surface area contributed by atoms with Crippen LogP contribution in [0.5, 0.6) is 11.5 Å². The highest BCUT2D eigenvalue weighted by molar-refractivity contribution is 5.70. The van der Waals surface area contributed by atoms with Crippen molar-refractivity contribution in [2.45, 2.75) is 56.8 Å². The number of rotatable bonds is 8. The standard InChI is InChI=1S/C23H30O11/c1-2-14-13(10-18(27)31-7-5-12-3-4-15(25)16(26)9-12)6-8-32-22(14)34-23-21(30)20(29)19(28)17(11-24)33-23/h2-4,6,8-9,13,17,19-26,28-30H,5,7,10-11H2,1H3/b14-2+/t13-,17+,19+,20-,21+,22-,23-/m0/s1. The maximum atomic E-state index is 12.4. The van der Waals surface area contributed by atoms with Crippen molar-refractivity contribution in [1.29, 1.82) is 0 Å². The molecule has 1 aromatic carbocycles. The van der Waals surface area contributed by atoms with E-state index in [0.717, 1.165) is 0 Å². The lowest BCUT2D eigenvalue weighted by Crippen LogP contribution is -2.60. The topological polar surface area (TPSA) is 175 Å². The largest absolute Gasteiger partial charge is 0.504 e. The van der Waals surface area contributed by atoms with Crippen molar-refractivity contribution in [3.05, 3.63) is 47.7 Å². The second-order valence-corrected chi connectivity index (χ2v) is 8.02. The number of phenols is 2. The van der Waals surface area contributed by atoms with Crippen molar-refractivity contribution in [2.75, 3.05) is 13.2 Å². The molecule has 1 aromatic rings. The van der Waals surface area contributed by atoms with Crippen LogP contribution in [0.15, 0.2) is 42.2 Å². The first kappa shape index (κ1) is 25.9. The van der Waals surface area contributed by atoms with Gasteiger partial charge in [0.05, 0.1) is 25.9 Å². The molecule has 0 aliphatic carbocycles. The molecular formula is C23H30O11. The van der Waals surface area contributed by atoms with Gasteiger partial charge in [0, 0.05) is 17.9 Å². The summed E-state index contributed by atoms with van der Waals surface area (Å²) in [6, 6.07) is 4.36. The number of hydrogen-bond acceptors (Lipinski definition) is 11. The van der Waals surface area contributed by atoms with E-state index >= 15 is 0 Å². The van der Waals surface area contributed by atoms with Crippen molar-refractivity contribution in [2.24, 2.45) is 5.92 Å². The van der Waals surface area contributed by atoms with E-state index in [1.165, 1.54) is 18.4 Å². The highest BCUT2D eigenvalue weighted by Crippen LogP contribution is 2.31. The number of aromatic hydroxyl groups is 2. The molecule has 188 valence electrons. The molecule has 7 atom stereocenters. The Bertz CT molecular complexity index is 897. The molecule has 0 radical (unpaired) electrons. The lowest BCUT2D eigenvalue weighted by atomic mass is 9.93. The van der Waals surface area contributed by atoms with Gasteiger partial charge in [-0.15, -0.1) is 0 Å². The minimum absolute atomic E-state index is 0.0189. The maximum Gasteiger partial charge on any atom is 0.306 e. The van der Waals surface area contributed by atoms with Crippen LogP contribution in [0.3, 0.4) is 0 Å². The van der Waals surface area contributed by atoms with Crippen LogP contribution in [-0.2, 0) is 30.2 Å². The van der Waals surface area contributed by atoms with Gasteiger partial charge in [0.25, 0.3) is 0 Å². The van der Waals surface area contributed by atoms with Gasteiger partial charge in [-0.25, -0.2) is 0 Å². The van der Waals surface area contributed by atoms with E-state index in [9.17, 15) is 35.4 Å². The maximum absolute atomic E-state index is 12.4. The van der Waals surface area contributed by atoms with Gasteiger partial charge in [0.1, 0.15) is 24.4 Å². The molecule has 0 amide bonds. The van der Waals surface area contributed by atoms with Gasteiger partial charge >= 0.3 is 5.97 Å². The Morgan fingerprint density at radius 2 is 1.88 bits per heavy atom. The zero-order valence-corrected chi connectivity index (χ0v) is 18.6. The molecule has 11 nitrogen and oxygen atoms in total. The fraction of sp³-hybridized carbons (Fsp3) is 0.522. The first-order valence-corrected chi connectivity index (χ1v) is 10.9. The van der Waals surface area contributed by atoms with Crippen molar-refractivity contribution in [1.82, 2.24) is 0 Å². The second kappa shape index (κ2) is 11.6. The van der Waals surface area contributed by atoms with E-state index in [2.05, 4.69) is 0 Å². The third-order valence-electron chi connectivity index (χ3n) is 5.73. The van der Waals surface area contributed by atoms with Crippen LogP contribution >= 0.6 is 0 Å². The third-order valence-corrected chi connectivity index (χ3v) is 5.73. The van der Waals surface area contributed by atoms with Crippen molar-refractivity contribution >= 4 is 5.97 Å². The SMILES string of the molecule is C/C=C1/[C@H](O[C@@H]2O[C@H](CO)[C@@H](O)[C@H](O)[C@H]2O)OC=C[C@H]1CC(=O)OCCc1ccc(O)c(O)c1. The average Bonchev–Trinajstić information content (AvgIpc) is 2.82. The number of carbonyl (C=O) groups excluding carboxylic acids is 1. The number of allylic oxidation sites excluding steroid dienone is 2. The molecular weight excluding hydrogens is 452 g/mol. The molecule has 0 bridgehead atoms. The summed E-state index contributed by atoms with van der Waals surface area (Å²) in [4.78, 5) is 12.4. The summed E-state index contributed by atoms with van der Waals surface area (Å²) in [5.41, 5.74) is 1.25. The Kier molecular flexibility index (Phi) is 8.89. The molecule has 34 heavy (non-hydrogen) atoms. The summed E-state index contributed by atoms with van der Waals surface area (Å²) in [6.07, 6.45) is -3.24. The predicted octanol–water partition coefficient (Wildman–Crippen LogP) is -0.177. The quantitative estimate of drug-likeness (QED) is 0.165. The molecule has 6 N–H and O–H groups in total. The van der Waals surface area contributed by atoms with E-state index in [1.54, 1.807) is 25.1 Å². The highest BCUT2D eigenvalue weighted by atomic mass is 16.8. The van der Waals surface area contributed by atoms with Crippen LogP contribution in [0.4, 0.5) is 0 Å². The first-order chi connectivity index (χ1) is 16.2. The number of aliphatic hydroxyl groups is 4. The summed E-state index contributed by atoms with van der Waals surface area (Å²) >= 11 is 0. The molecule has 1 saturated heterocycles. The zero-order chi connectivity index (χ0) is 24.8. The molecule has 3 rings (SSSR count). The Morgan fingerprint density at radius 3 is 2.56 bits per heavy atom. The van der Waals surface area contributed by atoms with Crippen molar-refractivity contribution in [3.8, 4) is 11.5 Å². The summed E-state index contributed by atoms with van der Waals surface area (Å²) in [6.45, 7) is 1.20. The Balaban J connectivity index is 1.55. The molecule has 0 saturated carbocycles. The second-order valence-electron chi connectivity index (χ2n) is 8.02. The third kappa shape index (κ3) is 6.06. The number of hydrogen-bond donors (Lipinski definition) is 6. The van der Waals surface area contributed by atoms with E-state index in [-0.39, 0.29) is 24.5 Å². The van der Waals surface area contributed by atoms with E-state index < -0.39 is 55.5 Å². The normalized spacial score (nSPS) is 32.4. The molecule has 2 aliphatic rings. The summed E-state index contributed by atoms with van der Waals surface area (Å²) in [5, 5.41) is 58.3. The minimum Gasteiger partial charge on any atom is -0.504 e. The molecule has 0 aromatic heterocycles. The molecule has 11 heteroatoms. The Morgan fingerprint density at radius 1 is 1.12 bits per heavy atom. The highest BCUT2D eigenvalue weighted by Gasteiger charge is 2.45. The first-order valence-electron chi connectivity index (χ1n) is 10.9. The fourth-order valence-electron chi connectivity index (χ4n) is 3.77. The van der Waals surface area contributed by atoms with Crippen LogP contribution in [0.2, 0.25) is 0 Å². The van der Waals surface area contributed by atoms with Gasteiger partial charge in [-0.1, -0.05) is 12.1 Å². The fourth-order valence-corrected chi connectivity index (χ4v) is 3.77. The molecule has 0 spiro atoms. The number of benzene rings is 1. The van der Waals surface area contributed by atoms with Crippen molar-refractivity contribution < 1.29 is 54.4 Å². The molecule has 2 aliphatic heterocycles. The molecule has 0 unspecified atom stereocenters. The van der Waals surface area contributed by atoms with Gasteiger partial charge in [-0.3, -0.25) is 4.79 Å². The number of ether oxygens (including phenoxy) is 4. The summed E-state index contributed by atoms with van der Waals surface area (Å²) < 4.78 is 21.8. The number of esters is 1. The van der Waals surface area contributed by atoms with E-state index in [1.807, 2.05) is 0 Å². The van der Waals surface area contributed by atoms with Crippen LogP contribution in [0.25, 0.3) is 0 Å². The van der Waals surface area contributed by atoms with Gasteiger partial charge < -0.3 is 49.6 Å². The van der Waals surface area contributed by atoms with Gasteiger partial charge in [-0.2, -0.15) is 0 Å². The van der Waals surface area contributed by atoms with Crippen LogP contribution in [0, 0.1) is 5.92 Å². The summed E-state index contributed by atoms with van der Waals surface area (Å²) in [5.74, 6) is -1.39.